The molecule has 0 aliphatic rings. The van der Waals surface area contributed by atoms with Crippen LogP contribution in [0.5, 0.6) is 5.75 Å². The fourth-order valence-corrected chi connectivity index (χ4v) is 2.36. The second-order valence-electron chi connectivity index (χ2n) is 4.62. The first-order chi connectivity index (χ1) is 10.7. The number of carbonyl (C=O) groups excluding carboxylic acids is 1. The molecule has 0 saturated heterocycles. The van der Waals surface area contributed by atoms with Gasteiger partial charge in [0.25, 0.3) is 0 Å². The van der Waals surface area contributed by atoms with Gasteiger partial charge in [0.2, 0.25) is 0 Å². The maximum atomic E-state index is 11.2. The molecular weight excluding hydrogens is 346 g/mol. The van der Waals surface area contributed by atoms with Crippen LogP contribution >= 0.6 is 15.9 Å². The van der Waals surface area contributed by atoms with Gasteiger partial charge in [-0.1, -0.05) is 42.5 Å². The van der Waals surface area contributed by atoms with Gasteiger partial charge in [-0.15, -0.1) is 0 Å². The lowest BCUT2D eigenvalue weighted by Crippen LogP contribution is -2.21. The van der Waals surface area contributed by atoms with Gasteiger partial charge in [-0.05, 0) is 33.6 Å². The molecular formula is C17H18BrNO3. The van der Waals surface area contributed by atoms with Crippen LogP contribution in [0.2, 0.25) is 0 Å². The molecule has 0 spiro atoms. The first-order valence-electron chi connectivity index (χ1n) is 7.01. The first kappa shape index (κ1) is 16.4. The van der Waals surface area contributed by atoms with E-state index in [9.17, 15) is 4.79 Å². The number of halogens is 1. The van der Waals surface area contributed by atoms with Crippen molar-refractivity contribution in [3.05, 3.63) is 64.6 Å². The summed E-state index contributed by atoms with van der Waals surface area (Å²) >= 11 is 3.48. The SMILES string of the molecule is CNC(=O)OCCC(Oc1ccccc1Br)c1ccccc1. The second kappa shape index (κ2) is 8.44. The van der Waals surface area contributed by atoms with E-state index in [1.54, 1.807) is 0 Å². The number of benzene rings is 2. The molecule has 0 bridgehead atoms. The van der Waals surface area contributed by atoms with Gasteiger partial charge >= 0.3 is 6.09 Å². The zero-order valence-corrected chi connectivity index (χ0v) is 13.9. The highest BCUT2D eigenvalue weighted by molar-refractivity contribution is 9.10. The molecule has 1 atom stereocenters. The quantitative estimate of drug-likeness (QED) is 0.831. The molecule has 4 nitrogen and oxygen atoms in total. The van der Waals surface area contributed by atoms with Crippen LogP contribution < -0.4 is 10.1 Å². The van der Waals surface area contributed by atoms with Crippen LogP contribution in [0.1, 0.15) is 18.1 Å². The van der Waals surface area contributed by atoms with Crippen molar-refractivity contribution in [2.24, 2.45) is 0 Å². The van der Waals surface area contributed by atoms with Gasteiger partial charge in [-0.2, -0.15) is 0 Å². The number of ether oxygens (including phenoxy) is 2. The molecule has 0 fully saturated rings. The summed E-state index contributed by atoms with van der Waals surface area (Å²) < 4.78 is 12.0. The van der Waals surface area contributed by atoms with Gasteiger partial charge in [0, 0.05) is 13.5 Å². The van der Waals surface area contributed by atoms with E-state index in [1.807, 2.05) is 54.6 Å². The number of rotatable bonds is 6. The summed E-state index contributed by atoms with van der Waals surface area (Å²) in [4.78, 5) is 11.2. The molecule has 0 saturated carbocycles. The molecule has 2 aromatic carbocycles. The van der Waals surface area contributed by atoms with Crippen molar-refractivity contribution in [2.45, 2.75) is 12.5 Å². The van der Waals surface area contributed by atoms with Crippen LogP contribution in [-0.2, 0) is 4.74 Å². The summed E-state index contributed by atoms with van der Waals surface area (Å²) in [6.45, 7) is 0.281. The predicted molar refractivity (Wildman–Crippen MR) is 89.0 cm³/mol. The second-order valence-corrected chi connectivity index (χ2v) is 5.48. The Labute approximate surface area is 138 Å². The predicted octanol–water partition coefficient (Wildman–Crippen LogP) is 4.32. The van der Waals surface area contributed by atoms with E-state index in [1.165, 1.54) is 7.05 Å². The number of hydrogen-bond donors (Lipinski definition) is 1. The highest BCUT2D eigenvalue weighted by atomic mass is 79.9. The third-order valence-corrected chi connectivity index (χ3v) is 3.75. The lowest BCUT2D eigenvalue weighted by Gasteiger charge is -2.20. The molecule has 0 aliphatic heterocycles. The van der Waals surface area contributed by atoms with Crippen LogP contribution in [0.3, 0.4) is 0 Å². The van der Waals surface area contributed by atoms with E-state index < -0.39 is 6.09 Å². The molecule has 2 rings (SSSR count). The minimum atomic E-state index is -0.437. The Morgan fingerprint density at radius 3 is 2.50 bits per heavy atom. The van der Waals surface area contributed by atoms with E-state index in [4.69, 9.17) is 9.47 Å². The summed E-state index contributed by atoms with van der Waals surface area (Å²) in [7, 11) is 1.54. The monoisotopic (exact) mass is 363 g/mol. The van der Waals surface area contributed by atoms with Crippen molar-refractivity contribution in [3.63, 3.8) is 0 Å². The summed E-state index contributed by atoms with van der Waals surface area (Å²) in [5.74, 6) is 0.760. The van der Waals surface area contributed by atoms with Crippen LogP contribution in [0, 0.1) is 0 Å². The number of hydrogen-bond acceptors (Lipinski definition) is 3. The summed E-state index contributed by atoms with van der Waals surface area (Å²) in [6.07, 6.45) is -0.0593. The van der Waals surface area contributed by atoms with Gasteiger partial charge in [0.05, 0.1) is 11.1 Å². The fourth-order valence-electron chi connectivity index (χ4n) is 1.99. The smallest absolute Gasteiger partial charge is 0.406 e. The first-order valence-corrected chi connectivity index (χ1v) is 7.80. The molecule has 0 radical (unpaired) electrons. The Morgan fingerprint density at radius 1 is 1.14 bits per heavy atom. The van der Waals surface area contributed by atoms with E-state index in [-0.39, 0.29) is 12.7 Å². The van der Waals surface area contributed by atoms with Gasteiger partial charge < -0.3 is 14.8 Å². The van der Waals surface area contributed by atoms with Crippen LogP contribution in [0.25, 0.3) is 0 Å². The molecule has 0 aromatic heterocycles. The Bertz CT molecular complexity index is 604. The molecule has 5 heteroatoms. The Balaban J connectivity index is 2.08. The normalized spacial score (nSPS) is 11.5. The van der Waals surface area contributed by atoms with Crippen molar-refractivity contribution in [3.8, 4) is 5.75 Å². The highest BCUT2D eigenvalue weighted by Gasteiger charge is 2.15. The van der Waals surface area contributed by atoms with Gasteiger partial charge in [-0.25, -0.2) is 4.79 Å². The van der Waals surface area contributed by atoms with E-state index >= 15 is 0 Å². The van der Waals surface area contributed by atoms with Crippen LogP contribution in [0.15, 0.2) is 59.1 Å². The van der Waals surface area contributed by atoms with Gasteiger partial charge in [0.15, 0.2) is 0 Å². The Kier molecular flexibility index (Phi) is 6.27. The maximum absolute atomic E-state index is 11.2. The number of carbonyl (C=O) groups is 1. The lowest BCUT2D eigenvalue weighted by atomic mass is 10.1. The van der Waals surface area contributed by atoms with E-state index in [0.29, 0.717) is 6.42 Å². The number of nitrogens with one attached hydrogen (secondary N) is 1. The van der Waals surface area contributed by atoms with Crippen LogP contribution in [0.4, 0.5) is 4.79 Å². The van der Waals surface area contributed by atoms with Crippen molar-refractivity contribution in [1.82, 2.24) is 5.32 Å². The molecule has 22 heavy (non-hydrogen) atoms. The van der Waals surface area contributed by atoms with Gasteiger partial charge in [-0.3, -0.25) is 0 Å². The molecule has 2 aromatic rings. The largest absolute Gasteiger partial charge is 0.484 e. The topological polar surface area (TPSA) is 47.6 Å². The van der Waals surface area contributed by atoms with E-state index in [2.05, 4.69) is 21.2 Å². The molecule has 116 valence electrons. The highest BCUT2D eigenvalue weighted by Crippen LogP contribution is 2.30. The minimum absolute atomic E-state index is 0.190. The standard InChI is InChI=1S/C17H18BrNO3/c1-19-17(20)21-12-11-15(13-7-3-2-4-8-13)22-16-10-6-5-9-14(16)18/h2-10,15H,11-12H2,1H3,(H,19,20). The number of alkyl carbamates (subject to hydrolysis) is 1. The average molecular weight is 364 g/mol. The van der Waals surface area contributed by atoms with Crippen molar-refractivity contribution in [2.75, 3.05) is 13.7 Å². The summed E-state index contributed by atoms with van der Waals surface area (Å²) in [5.41, 5.74) is 1.04. The lowest BCUT2D eigenvalue weighted by molar-refractivity contribution is 0.117. The molecule has 0 aliphatic carbocycles. The molecule has 0 heterocycles. The van der Waals surface area contributed by atoms with Crippen LogP contribution in [-0.4, -0.2) is 19.7 Å². The fraction of sp³-hybridized carbons (Fsp3) is 0.235. The maximum Gasteiger partial charge on any atom is 0.406 e. The Hall–Kier alpha value is -2.01. The summed E-state index contributed by atoms with van der Waals surface area (Å²) in [6, 6.07) is 17.6. The summed E-state index contributed by atoms with van der Waals surface area (Å²) in [5, 5.41) is 2.43. The third-order valence-electron chi connectivity index (χ3n) is 3.09. The average Bonchev–Trinajstić information content (AvgIpc) is 2.56. The van der Waals surface area contributed by atoms with Crippen molar-refractivity contribution in [1.29, 1.82) is 0 Å². The molecule has 1 amide bonds. The molecule has 1 unspecified atom stereocenters. The third kappa shape index (κ3) is 4.77. The zero-order chi connectivity index (χ0) is 15.8. The number of amides is 1. The van der Waals surface area contributed by atoms with E-state index in [0.717, 1.165) is 15.8 Å². The Morgan fingerprint density at radius 2 is 1.82 bits per heavy atom. The van der Waals surface area contributed by atoms with Gasteiger partial charge in [0.1, 0.15) is 11.9 Å². The number of para-hydroxylation sites is 1. The van der Waals surface area contributed by atoms with Crippen molar-refractivity contribution >= 4 is 22.0 Å². The zero-order valence-electron chi connectivity index (χ0n) is 12.3. The van der Waals surface area contributed by atoms with Crippen molar-refractivity contribution < 1.29 is 14.3 Å². The minimum Gasteiger partial charge on any atom is -0.484 e. The molecule has 1 N–H and O–H groups in total.